The van der Waals surface area contributed by atoms with Gasteiger partial charge in [-0.3, -0.25) is 4.79 Å². The molecule has 1 saturated carbocycles. The van der Waals surface area contributed by atoms with Gasteiger partial charge in [-0.1, -0.05) is 12.2 Å². The van der Waals surface area contributed by atoms with Crippen molar-refractivity contribution >= 4 is 5.91 Å². The molecule has 0 bridgehead atoms. The summed E-state index contributed by atoms with van der Waals surface area (Å²) < 4.78 is 0. The van der Waals surface area contributed by atoms with Crippen LogP contribution < -0.4 is 0 Å². The topological polar surface area (TPSA) is 20.3 Å². The molecule has 0 aromatic rings. The summed E-state index contributed by atoms with van der Waals surface area (Å²) in [4.78, 5) is 14.2. The zero-order valence-electron chi connectivity index (χ0n) is 8.91. The average Bonchev–Trinajstić information content (AvgIpc) is 3.04. The SMILES string of the molecule is CCN(C(=O)[C@@H]1CC=CCC1)C1CC1. The van der Waals surface area contributed by atoms with E-state index in [-0.39, 0.29) is 5.92 Å². The number of rotatable bonds is 3. The molecular weight excluding hydrogens is 174 g/mol. The molecule has 0 saturated heterocycles. The number of hydrogen-bond donors (Lipinski definition) is 0. The van der Waals surface area contributed by atoms with E-state index in [1.807, 2.05) is 0 Å². The molecule has 1 fully saturated rings. The summed E-state index contributed by atoms with van der Waals surface area (Å²) in [6.07, 6.45) is 9.90. The second-order valence-corrected chi connectivity index (χ2v) is 4.34. The third-order valence-corrected chi connectivity index (χ3v) is 3.23. The van der Waals surface area contributed by atoms with Crippen molar-refractivity contribution in [2.45, 2.75) is 45.1 Å². The van der Waals surface area contributed by atoms with Crippen LogP contribution in [0.25, 0.3) is 0 Å². The van der Waals surface area contributed by atoms with Gasteiger partial charge in [0.25, 0.3) is 0 Å². The Morgan fingerprint density at radius 1 is 1.36 bits per heavy atom. The predicted octanol–water partition coefficient (Wildman–Crippen LogP) is 2.35. The van der Waals surface area contributed by atoms with Crippen LogP contribution in [0.1, 0.15) is 39.0 Å². The van der Waals surface area contributed by atoms with Gasteiger partial charge in [0.1, 0.15) is 0 Å². The number of carbonyl (C=O) groups is 1. The lowest BCUT2D eigenvalue weighted by Crippen LogP contribution is -2.38. The lowest BCUT2D eigenvalue weighted by Gasteiger charge is -2.26. The van der Waals surface area contributed by atoms with Crippen LogP contribution in [-0.4, -0.2) is 23.4 Å². The van der Waals surface area contributed by atoms with Gasteiger partial charge in [-0.05, 0) is 39.0 Å². The van der Waals surface area contributed by atoms with Gasteiger partial charge >= 0.3 is 0 Å². The third-order valence-electron chi connectivity index (χ3n) is 3.23. The van der Waals surface area contributed by atoms with Gasteiger partial charge < -0.3 is 4.90 Å². The highest BCUT2D eigenvalue weighted by Crippen LogP contribution is 2.30. The molecule has 0 radical (unpaired) electrons. The highest BCUT2D eigenvalue weighted by atomic mass is 16.2. The summed E-state index contributed by atoms with van der Waals surface area (Å²) in [6.45, 7) is 2.98. The maximum Gasteiger partial charge on any atom is 0.226 e. The van der Waals surface area contributed by atoms with Gasteiger partial charge in [0.05, 0.1) is 0 Å². The molecule has 78 valence electrons. The summed E-state index contributed by atoms with van der Waals surface area (Å²) >= 11 is 0. The predicted molar refractivity (Wildman–Crippen MR) is 56.9 cm³/mol. The van der Waals surface area contributed by atoms with Crippen LogP contribution in [-0.2, 0) is 4.79 Å². The molecule has 1 atom stereocenters. The van der Waals surface area contributed by atoms with Crippen LogP contribution in [0.4, 0.5) is 0 Å². The van der Waals surface area contributed by atoms with Crippen LogP contribution in [0.5, 0.6) is 0 Å². The highest BCUT2D eigenvalue weighted by molar-refractivity contribution is 5.79. The van der Waals surface area contributed by atoms with Crippen molar-refractivity contribution in [3.63, 3.8) is 0 Å². The summed E-state index contributed by atoms with van der Waals surface area (Å²) in [6, 6.07) is 0.582. The van der Waals surface area contributed by atoms with Crippen LogP contribution in [0.2, 0.25) is 0 Å². The van der Waals surface area contributed by atoms with Crippen LogP contribution in [0, 0.1) is 5.92 Å². The van der Waals surface area contributed by atoms with E-state index in [1.165, 1.54) is 12.8 Å². The minimum absolute atomic E-state index is 0.278. The standard InChI is InChI=1S/C12H19NO/c1-2-13(11-8-9-11)12(14)10-6-4-3-5-7-10/h3-4,10-11H,2,5-9H2,1H3/t10-/m1/s1. The molecule has 2 nitrogen and oxygen atoms in total. The van der Waals surface area contributed by atoms with Gasteiger partial charge in [0.2, 0.25) is 5.91 Å². The van der Waals surface area contributed by atoms with Gasteiger partial charge in [0, 0.05) is 18.5 Å². The Kier molecular flexibility index (Phi) is 2.90. The van der Waals surface area contributed by atoms with Crippen molar-refractivity contribution in [1.82, 2.24) is 4.90 Å². The summed E-state index contributed by atoms with van der Waals surface area (Å²) in [5, 5.41) is 0. The lowest BCUT2D eigenvalue weighted by molar-refractivity contribution is -0.136. The minimum atomic E-state index is 0.278. The summed E-state index contributed by atoms with van der Waals surface area (Å²) in [5.41, 5.74) is 0. The van der Waals surface area contributed by atoms with E-state index in [2.05, 4.69) is 24.0 Å². The maximum atomic E-state index is 12.1. The molecular formula is C12H19NO. The van der Waals surface area contributed by atoms with Crippen molar-refractivity contribution in [3.05, 3.63) is 12.2 Å². The Labute approximate surface area is 86.0 Å². The number of amides is 1. The van der Waals surface area contributed by atoms with Crippen LogP contribution in [0.15, 0.2) is 12.2 Å². The Balaban J connectivity index is 1.94. The fraction of sp³-hybridized carbons (Fsp3) is 0.750. The van der Waals surface area contributed by atoms with Gasteiger partial charge in [0.15, 0.2) is 0 Å². The van der Waals surface area contributed by atoms with Crippen LogP contribution in [0.3, 0.4) is 0 Å². The normalized spacial score (nSPS) is 26.2. The van der Waals surface area contributed by atoms with Crippen molar-refractivity contribution < 1.29 is 4.79 Å². The fourth-order valence-corrected chi connectivity index (χ4v) is 2.23. The van der Waals surface area contributed by atoms with Crippen molar-refractivity contribution in [2.24, 2.45) is 5.92 Å². The molecule has 14 heavy (non-hydrogen) atoms. The van der Waals surface area contributed by atoms with E-state index in [0.717, 1.165) is 25.8 Å². The van der Waals surface area contributed by atoms with E-state index in [0.29, 0.717) is 11.9 Å². The minimum Gasteiger partial charge on any atom is -0.340 e. The first kappa shape index (κ1) is 9.75. The second kappa shape index (κ2) is 4.16. The average molecular weight is 193 g/mol. The Morgan fingerprint density at radius 3 is 2.64 bits per heavy atom. The molecule has 0 heterocycles. The first-order valence-corrected chi connectivity index (χ1v) is 5.78. The van der Waals surface area contributed by atoms with E-state index in [9.17, 15) is 4.79 Å². The molecule has 0 aromatic carbocycles. The molecule has 0 unspecified atom stereocenters. The lowest BCUT2D eigenvalue weighted by atomic mass is 9.93. The Morgan fingerprint density at radius 2 is 2.14 bits per heavy atom. The smallest absolute Gasteiger partial charge is 0.226 e. The Bertz CT molecular complexity index is 243. The fourth-order valence-electron chi connectivity index (χ4n) is 2.23. The zero-order chi connectivity index (χ0) is 9.97. The molecule has 2 rings (SSSR count). The number of carbonyl (C=O) groups excluding carboxylic acids is 1. The second-order valence-electron chi connectivity index (χ2n) is 4.34. The molecule has 2 aliphatic carbocycles. The number of hydrogen-bond acceptors (Lipinski definition) is 1. The quantitative estimate of drug-likeness (QED) is 0.630. The van der Waals surface area contributed by atoms with Gasteiger partial charge in [-0.15, -0.1) is 0 Å². The highest BCUT2D eigenvalue weighted by Gasteiger charge is 2.34. The van der Waals surface area contributed by atoms with E-state index in [1.54, 1.807) is 0 Å². The Hall–Kier alpha value is -0.790. The van der Waals surface area contributed by atoms with Crippen molar-refractivity contribution in [2.75, 3.05) is 6.54 Å². The summed E-state index contributed by atoms with van der Waals surface area (Å²) in [7, 11) is 0. The molecule has 2 aliphatic rings. The monoisotopic (exact) mass is 193 g/mol. The van der Waals surface area contributed by atoms with Gasteiger partial charge in [-0.25, -0.2) is 0 Å². The maximum absolute atomic E-state index is 12.1. The largest absolute Gasteiger partial charge is 0.340 e. The molecule has 0 spiro atoms. The van der Waals surface area contributed by atoms with Gasteiger partial charge in [-0.2, -0.15) is 0 Å². The molecule has 2 heteroatoms. The van der Waals surface area contributed by atoms with Crippen molar-refractivity contribution in [1.29, 1.82) is 0 Å². The first-order valence-electron chi connectivity index (χ1n) is 5.78. The number of nitrogens with zero attached hydrogens (tertiary/aromatic N) is 1. The first-order chi connectivity index (χ1) is 6.83. The van der Waals surface area contributed by atoms with E-state index < -0.39 is 0 Å². The number of allylic oxidation sites excluding steroid dienone is 2. The zero-order valence-corrected chi connectivity index (χ0v) is 8.91. The molecule has 0 aromatic heterocycles. The van der Waals surface area contributed by atoms with Crippen molar-refractivity contribution in [3.8, 4) is 0 Å². The summed E-state index contributed by atoms with van der Waals surface area (Å²) in [5.74, 6) is 0.680. The molecule has 0 aliphatic heterocycles. The van der Waals surface area contributed by atoms with E-state index in [4.69, 9.17) is 0 Å². The molecule has 1 amide bonds. The molecule has 0 N–H and O–H groups in total. The van der Waals surface area contributed by atoms with Crippen LogP contribution >= 0.6 is 0 Å². The van der Waals surface area contributed by atoms with E-state index >= 15 is 0 Å². The third kappa shape index (κ3) is 1.99.